The molecule has 0 atom stereocenters. The zero-order valence-electron chi connectivity index (χ0n) is 23.6. The molecular weight excluding hydrogens is 553 g/mol. The van der Waals surface area contributed by atoms with Gasteiger partial charge in [-0.3, -0.25) is 14.6 Å². The van der Waals surface area contributed by atoms with Gasteiger partial charge >= 0.3 is 0 Å². The molecule has 2 aromatic carbocycles. The van der Waals surface area contributed by atoms with Gasteiger partial charge in [-0.05, 0) is 29.7 Å². The first-order valence-electron chi connectivity index (χ1n) is 13.0. The van der Waals surface area contributed by atoms with Gasteiger partial charge in [0, 0.05) is 57.4 Å². The fourth-order valence-corrected chi connectivity index (χ4v) is 4.38. The Morgan fingerprint density at radius 1 is 1.05 bits per heavy atom. The lowest BCUT2D eigenvalue weighted by Gasteiger charge is -2.31. The number of nitrogens with one attached hydrogen (secondary N) is 2. The lowest BCUT2D eigenvalue weighted by atomic mass is 10.1. The highest BCUT2D eigenvalue weighted by Gasteiger charge is 2.27. The third kappa shape index (κ3) is 8.41. The van der Waals surface area contributed by atoms with E-state index < -0.39 is 0 Å². The molecule has 1 aromatic heterocycles. The van der Waals surface area contributed by atoms with Crippen LogP contribution >= 0.6 is 24.8 Å². The van der Waals surface area contributed by atoms with E-state index in [4.69, 9.17) is 4.52 Å². The minimum atomic E-state index is -0.151. The van der Waals surface area contributed by atoms with Gasteiger partial charge in [-0.1, -0.05) is 55.4 Å². The van der Waals surface area contributed by atoms with Gasteiger partial charge in [-0.2, -0.15) is 4.98 Å². The van der Waals surface area contributed by atoms with Gasteiger partial charge in [-0.15, -0.1) is 24.8 Å². The highest BCUT2D eigenvalue weighted by atomic mass is 35.5. The molecule has 2 amide bonds. The third-order valence-electron chi connectivity index (χ3n) is 6.68. The van der Waals surface area contributed by atoms with Crippen LogP contribution in [0.5, 0.6) is 0 Å². The summed E-state index contributed by atoms with van der Waals surface area (Å²) >= 11 is 0. The Bertz CT molecular complexity index is 1260. The van der Waals surface area contributed by atoms with Gasteiger partial charge < -0.3 is 20.1 Å². The third-order valence-corrected chi connectivity index (χ3v) is 6.68. The van der Waals surface area contributed by atoms with Gasteiger partial charge in [0.25, 0.3) is 5.91 Å². The average Bonchev–Trinajstić information content (AvgIpc) is 3.53. The van der Waals surface area contributed by atoms with E-state index in [0.717, 1.165) is 16.8 Å². The number of carbonyl (C=O) groups is 2. The molecular formula is C28H39Cl2N7O3. The SMILES string of the molecule is Cc1nc(-c2ccc(C)c(NCC(=O)N(CCNC(C)C)CC(=O)N(C)N3Cc4ccccc4C3)c2)no1.Cl.Cl. The smallest absolute Gasteiger partial charge is 0.256 e. The standard InChI is InChI=1S/C28H37N7O3.2ClH/c1-19(2)29-12-13-34(18-27(37)33(5)35-16-23-8-6-7-9-24(23)17-35)26(36)15-30-25-14-22(11-10-20(25)3)28-31-21(4)38-32-28;;/h6-11,14,19,29-30H,12-13,15-18H2,1-5H3;2*1H. The molecule has 0 aliphatic carbocycles. The van der Waals surface area contributed by atoms with Crippen LogP contribution in [0.25, 0.3) is 11.4 Å². The number of hydrogen-bond donors (Lipinski definition) is 2. The van der Waals surface area contributed by atoms with E-state index in [9.17, 15) is 9.59 Å². The zero-order valence-corrected chi connectivity index (χ0v) is 25.3. The van der Waals surface area contributed by atoms with Crippen molar-refractivity contribution < 1.29 is 14.1 Å². The van der Waals surface area contributed by atoms with Crippen LogP contribution in [-0.2, 0) is 22.7 Å². The number of fused-ring (bicyclic) bond motifs is 1. The number of hydrazine groups is 1. The first kappa shape index (κ1) is 33.0. The lowest BCUT2D eigenvalue weighted by Crippen LogP contribution is -2.49. The van der Waals surface area contributed by atoms with Gasteiger partial charge in [0.2, 0.25) is 17.6 Å². The van der Waals surface area contributed by atoms with E-state index in [-0.39, 0.29) is 55.8 Å². The summed E-state index contributed by atoms with van der Waals surface area (Å²) in [5.74, 6) is 0.711. The number of aromatic nitrogens is 2. The van der Waals surface area contributed by atoms with Gasteiger partial charge in [0.15, 0.2) is 0 Å². The van der Waals surface area contributed by atoms with Crippen molar-refractivity contribution in [3.05, 3.63) is 65.0 Å². The van der Waals surface area contributed by atoms with Gasteiger partial charge in [0.05, 0.1) is 6.54 Å². The number of hydrogen-bond acceptors (Lipinski definition) is 8. The molecule has 4 rings (SSSR count). The minimum Gasteiger partial charge on any atom is -0.376 e. The number of benzene rings is 2. The second-order valence-electron chi connectivity index (χ2n) is 9.95. The van der Waals surface area contributed by atoms with E-state index in [2.05, 4.69) is 46.8 Å². The van der Waals surface area contributed by atoms with Crippen LogP contribution in [-0.4, -0.2) is 76.1 Å². The molecule has 3 aromatic rings. The topological polar surface area (TPSA) is 107 Å². The molecule has 0 saturated carbocycles. The van der Waals surface area contributed by atoms with Crippen molar-refractivity contribution in [2.45, 2.75) is 46.8 Å². The first-order chi connectivity index (χ1) is 18.2. The molecule has 1 aliphatic heterocycles. The van der Waals surface area contributed by atoms with Crippen LogP contribution < -0.4 is 10.6 Å². The number of halogens is 2. The van der Waals surface area contributed by atoms with Crippen LogP contribution in [0.2, 0.25) is 0 Å². The molecule has 0 bridgehead atoms. The molecule has 0 radical (unpaired) electrons. The average molecular weight is 593 g/mol. The summed E-state index contributed by atoms with van der Waals surface area (Å²) in [6.07, 6.45) is 0. The van der Waals surface area contributed by atoms with Crippen molar-refractivity contribution in [3.8, 4) is 11.4 Å². The Kier molecular flexibility index (Phi) is 12.4. The summed E-state index contributed by atoms with van der Waals surface area (Å²) in [4.78, 5) is 32.5. The lowest BCUT2D eigenvalue weighted by molar-refractivity contribution is -0.151. The molecule has 0 saturated heterocycles. The van der Waals surface area contributed by atoms with Crippen LogP contribution in [0.4, 0.5) is 5.69 Å². The summed E-state index contributed by atoms with van der Waals surface area (Å²) in [6.45, 7) is 10.3. The predicted octanol–water partition coefficient (Wildman–Crippen LogP) is 3.82. The van der Waals surface area contributed by atoms with Crippen molar-refractivity contribution in [1.29, 1.82) is 0 Å². The van der Waals surface area contributed by atoms with E-state index in [1.807, 2.05) is 42.3 Å². The normalized spacial score (nSPS) is 12.3. The fraction of sp³-hybridized carbons (Fsp3) is 0.429. The molecule has 0 fully saturated rings. The summed E-state index contributed by atoms with van der Waals surface area (Å²) in [7, 11) is 1.77. The van der Waals surface area contributed by atoms with Gasteiger partial charge in [0.1, 0.15) is 6.54 Å². The van der Waals surface area contributed by atoms with Crippen molar-refractivity contribution in [2.75, 3.05) is 38.5 Å². The number of carbonyl (C=O) groups excluding carboxylic acids is 2. The number of amides is 2. The molecule has 10 nitrogen and oxygen atoms in total. The van der Waals surface area contributed by atoms with Crippen LogP contribution in [0.15, 0.2) is 47.0 Å². The minimum absolute atomic E-state index is 0. The quantitative estimate of drug-likeness (QED) is 0.346. The van der Waals surface area contributed by atoms with Gasteiger partial charge in [-0.25, -0.2) is 5.01 Å². The highest BCUT2D eigenvalue weighted by Crippen LogP contribution is 2.24. The Balaban J connectivity index is 0.00000280. The monoisotopic (exact) mass is 591 g/mol. The molecule has 1 aliphatic rings. The molecule has 2 N–H and O–H groups in total. The fourth-order valence-electron chi connectivity index (χ4n) is 4.38. The van der Waals surface area contributed by atoms with Crippen LogP contribution in [0, 0.1) is 13.8 Å². The summed E-state index contributed by atoms with van der Waals surface area (Å²) in [5, 5.41) is 14.2. The Morgan fingerprint density at radius 2 is 1.73 bits per heavy atom. The van der Waals surface area contributed by atoms with E-state index in [1.165, 1.54) is 11.1 Å². The number of rotatable bonds is 11. The van der Waals surface area contributed by atoms with Crippen molar-refractivity contribution in [1.82, 2.24) is 30.4 Å². The maximum Gasteiger partial charge on any atom is 0.256 e. The van der Waals surface area contributed by atoms with Crippen molar-refractivity contribution >= 4 is 42.3 Å². The molecule has 12 heteroatoms. The summed E-state index contributed by atoms with van der Waals surface area (Å²) in [6, 6.07) is 14.3. The van der Waals surface area contributed by atoms with Crippen molar-refractivity contribution in [2.24, 2.45) is 0 Å². The van der Waals surface area contributed by atoms with Crippen LogP contribution in [0.3, 0.4) is 0 Å². The predicted molar refractivity (Wildman–Crippen MR) is 160 cm³/mol. The highest BCUT2D eigenvalue weighted by molar-refractivity contribution is 5.87. The molecule has 0 spiro atoms. The molecule has 218 valence electrons. The van der Waals surface area contributed by atoms with E-state index in [0.29, 0.717) is 37.9 Å². The number of likely N-dealkylation sites (N-methyl/N-ethyl adjacent to an activating group) is 1. The number of aryl methyl sites for hydroxylation is 2. The number of nitrogens with zero attached hydrogens (tertiary/aromatic N) is 5. The maximum atomic E-state index is 13.3. The van der Waals surface area contributed by atoms with Crippen LogP contribution in [0.1, 0.15) is 36.4 Å². The summed E-state index contributed by atoms with van der Waals surface area (Å²) in [5.41, 5.74) is 5.03. The van der Waals surface area contributed by atoms with E-state index >= 15 is 0 Å². The second kappa shape index (κ2) is 15.0. The van der Waals surface area contributed by atoms with Crippen molar-refractivity contribution in [3.63, 3.8) is 0 Å². The Labute approximate surface area is 248 Å². The molecule has 40 heavy (non-hydrogen) atoms. The number of anilines is 1. The summed E-state index contributed by atoms with van der Waals surface area (Å²) < 4.78 is 5.10. The zero-order chi connectivity index (χ0) is 27.2. The largest absolute Gasteiger partial charge is 0.376 e. The first-order valence-corrected chi connectivity index (χ1v) is 13.0. The van der Waals surface area contributed by atoms with E-state index in [1.54, 1.807) is 23.9 Å². The Morgan fingerprint density at radius 3 is 2.33 bits per heavy atom. The molecule has 2 heterocycles. The second-order valence-corrected chi connectivity index (χ2v) is 9.95. The Hall–Kier alpha value is -3.18. The maximum absolute atomic E-state index is 13.3. The molecule has 0 unspecified atom stereocenters.